The molecule has 0 bridgehead atoms. The number of primary amides is 1. The number of hydrogen-bond donors (Lipinski definition) is 2. The lowest BCUT2D eigenvalue weighted by Gasteiger charge is -2.45. The first kappa shape index (κ1) is 25.7. The summed E-state index contributed by atoms with van der Waals surface area (Å²) in [6.45, 7) is 0.971. The fourth-order valence-corrected chi connectivity index (χ4v) is 4.57. The van der Waals surface area contributed by atoms with Gasteiger partial charge in [0.25, 0.3) is 5.91 Å². The molecule has 1 aliphatic rings. The van der Waals surface area contributed by atoms with Crippen LogP contribution in [0.1, 0.15) is 24.6 Å². The zero-order valence-corrected chi connectivity index (χ0v) is 19.9. The van der Waals surface area contributed by atoms with E-state index in [0.717, 1.165) is 0 Å². The molecule has 0 spiro atoms. The van der Waals surface area contributed by atoms with Crippen molar-refractivity contribution in [3.8, 4) is 5.75 Å². The number of amides is 3. The van der Waals surface area contributed by atoms with E-state index in [-0.39, 0.29) is 24.0 Å². The summed E-state index contributed by atoms with van der Waals surface area (Å²) < 4.78 is 34.6. The van der Waals surface area contributed by atoms with Gasteiger partial charge >= 0.3 is 6.03 Å². The Bertz CT molecular complexity index is 1010. The lowest BCUT2D eigenvalue weighted by molar-refractivity contribution is -0.137. The molecule has 3 amide bonds. The molecule has 1 atom stereocenters. The Hall–Kier alpha value is -2.91. The third kappa shape index (κ3) is 6.36. The number of rotatable bonds is 8. The number of carbonyl (C=O) groups is 2. The topological polar surface area (TPSA) is 87.9 Å². The second-order valence-electron chi connectivity index (χ2n) is 8.81. The monoisotopic (exact) mass is 494 g/mol. The van der Waals surface area contributed by atoms with Gasteiger partial charge in [-0.3, -0.25) is 4.79 Å². The van der Waals surface area contributed by atoms with Gasteiger partial charge in [0, 0.05) is 30.1 Å². The smallest absolute Gasteiger partial charge is 0.316 e. The largest absolute Gasteiger partial charge is 0.482 e. The third-order valence-electron chi connectivity index (χ3n) is 5.99. The SMILES string of the molecule is CN(C)CC1(C(F)c2ccc(F)cc2)CCN(C(=O)COc2ccc(Cl)cc2NC(N)=O)CC1. The predicted molar refractivity (Wildman–Crippen MR) is 127 cm³/mol. The number of ether oxygens (including phenoxy) is 1. The molecular formula is C24H29ClF2N4O3. The number of nitrogens with one attached hydrogen (secondary N) is 1. The minimum atomic E-state index is -1.29. The van der Waals surface area contributed by atoms with E-state index in [2.05, 4.69) is 5.32 Å². The molecule has 3 rings (SSSR count). The summed E-state index contributed by atoms with van der Waals surface area (Å²) in [5.74, 6) is -0.404. The highest BCUT2D eigenvalue weighted by atomic mass is 35.5. The fraction of sp³-hybridized carbons (Fsp3) is 0.417. The molecule has 34 heavy (non-hydrogen) atoms. The fourth-order valence-electron chi connectivity index (χ4n) is 4.40. The highest BCUT2D eigenvalue weighted by molar-refractivity contribution is 6.31. The Balaban J connectivity index is 1.65. The maximum atomic E-state index is 15.7. The van der Waals surface area contributed by atoms with Crippen LogP contribution in [-0.4, -0.2) is 62.1 Å². The Labute approximate surface area is 202 Å². The van der Waals surface area contributed by atoms with Crippen LogP contribution in [0.2, 0.25) is 5.02 Å². The van der Waals surface area contributed by atoms with Crippen LogP contribution in [0.4, 0.5) is 19.3 Å². The van der Waals surface area contributed by atoms with Gasteiger partial charge in [0.2, 0.25) is 0 Å². The highest BCUT2D eigenvalue weighted by Crippen LogP contribution is 2.46. The first-order valence-electron chi connectivity index (χ1n) is 10.9. The predicted octanol–water partition coefficient (Wildman–Crippen LogP) is 4.23. The van der Waals surface area contributed by atoms with E-state index in [4.69, 9.17) is 22.1 Å². The number of nitrogens with two attached hydrogens (primary N) is 1. The zero-order valence-electron chi connectivity index (χ0n) is 19.2. The van der Waals surface area contributed by atoms with Crippen molar-refractivity contribution >= 4 is 29.2 Å². The van der Waals surface area contributed by atoms with Crippen LogP contribution in [0.15, 0.2) is 42.5 Å². The number of likely N-dealkylation sites (tertiary alicyclic amines) is 1. The number of piperidine rings is 1. The van der Waals surface area contributed by atoms with Crippen molar-refractivity contribution in [2.24, 2.45) is 11.1 Å². The first-order valence-corrected chi connectivity index (χ1v) is 11.3. The summed E-state index contributed by atoms with van der Waals surface area (Å²) in [6.07, 6.45) is -0.393. The van der Waals surface area contributed by atoms with E-state index in [9.17, 15) is 14.0 Å². The molecule has 0 radical (unpaired) electrons. The van der Waals surface area contributed by atoms with E-state index >= 15 is 4.39 Å². The standard InChI is InChI=1S/C24H29ClF2N4O3/c1-30(2)15-24(22(27)16-3-6-18(26)7-4-16)9-11-31(12-10-24)21(32)14-34-20-8-5-17(25)13-19(20)29-23(28)33/h3-8,13,22H,9-12,14-15H2,1-2H3,(H3,28,29,33). The minimum Gasteiger partial charge on any atom is -0.482 e. The lowest BCUT2D eigenvalue weighted by atomic mass is 9.72. The third-order valence-corrected chi connectivity index (χ3v) is 6.23. The van der Waals surface area contributed by atoms with Crippen LogP contribution in [0.25, 0.3) is 0 Å². The molecule has 1 unspecified atom stereocenters. The number of alkyl halides is 1. The molecule has 2 aromatic carbocycles. The van der Waals surface area contributed by atoms with Crippen LogP contribution < -0.4 is 15.8 Å². The Morgan fingerprint density at radius 3 is 2.44 bits per heavy atom. The number of benzene rings is 2. The van der Waals surface area contributed by atoms with Gasteiger partial charge in [-0.1, -0.05) is 23.7 Å². The Kier molecular flexibility index (Phi) is 8.33. The van der Waals surface area contributed by atoms with E-state index < -0.39 is 23.4 Å². The van der Waals surface area contributed by atoms with Gasteiger partial charge in [-0.05, 0) is 62.8 Å². The number of nitrogens with zero attached hydrogens (tertiary/aromatic N) is 2. The van der Waals surface area contributed by atoms with Crippen molar-refractivity contribution < 1.29 is 23.1 Å². The lowest BCUT2D eigenvalue weighted by Crippen LogP contribution is -2.49. The van der Waals surface area contributed by atoms with Gasteiger partial charge in [-0.25, -0.2) is 13.6 Å². The summed E-state index contributed by atoms with van der Waals surface area (Å²) in [7, 11) is 3.77. The first-order chi connectivity index (χ1) is 16.1. The van der Waals surface area contributed by atoms with E-state index in [0.29, 0.717) is 43.1 Å². The normalized spacial score (nSPS) is 16.2. The number of carbonyl (C=O) groups excluding carboxylic acids is 2. The number of halogens is 3. The van der Waals surface area contributed by atoms with Gasteiger partial charge in [-0.15, -0.1) is 0 Å². The number of hydrogen-bond acceptors (Lipinski definition) is 4. The Morgan fingerprint density at radius 1 is 1.21 bits per heavy atom. The molecule has 1 aliphatic heterocycles. The van der Waals surface area contributed by atoms with E-state index in [1.54, 1.807) is 11.0 Å². The number of anilines is 1. The van der Waals surface area contributed by atoms with Crippen LogP contribution >= 0.6 is 11.6 Å². The molecule has 7 nitrogen and oxygen atoms in total. The van der Waals surface area contributed by atoms with Crippen molar-refractivity contribution in [2.75, 3.05) is 45.7 Å². The van der Waals surface area contributed by atoms with Crippen molar-refractivity contribution in [1.29, 1.82) is 0 Å². The van der Waals surface area contributed by atoms with Gasteiger partial charge in [0.1, 0.15) is 17.7 Å². The molecule has 2 aromatic rings. The van der Waals surface area contributed by atoms with Crippen LogP contribution in [0.3, 0.4) is 0 Å². The van der Waals surface area contributed by atoms with Crippen LogP contribution in [0.5, 0.6) is 5.75 Å². The van der Waals surface area contributed by atoms with Gasteiger partial charge < -0.3 is 25.6 Å². The Morgan fingerprint density at radius 2 is 1.85 bits per heavy atom. The van der Waals surface area contributed by atoms with Crippen LogP contribution in [0, 0.1) is 11.2 Å². The molecule has 1 heterocycles. The average molecular weight is 495 g/mol. The maximum Gasteiger partial charge on any atom is 0.316 e. The molecule has 184 valence electrons. The summed E-state index contributed by atoms with van der Waals surface area (Å²) in [5, 5.41) is 2.79. The quantitative estimate of drug-likeness (QED) is 0.575. The molecule has 1 saturated heterocycles. The second-order valence-corrected chi connectivity index (χ2v) is 9.25. The van der Waals surface area contributed by atoms with Crippen molar-refractivity contribution in [2.45, 2.75) is 19.0 Å². The van der Waals surface area contributed by atoms with Gasteiger partial charge in [0.15, 0.2) is 6.61 Å². The zero-order chi connectivity index (χ0) is 24.9. The van der Waals surface area contributed by atoms with Crippen molar-refractivity contribution in [1.82, 2.24) is 9.80 Å². The molecule has 1 fully saturated rings. The van der Waals surface area contributed by atoms with Gasteiger partial charge in [-0.2, -0.15) is 0 Å². The minimum absolute atomic E-state index is 0.254. The number of urea groups is 1. The maximum absolute atomic E-state index is 15.7. The van der Waals surface area contributed by atoms with Crippen molar-refractivity contribution in [3.63, 3.8) is 0 Å². The summed E-state index contributed by atoms with van der Waals surface area (Å²) in [5.41, 5.74) is 5.17. The molecule has 10 heteroatoms. The average Bonchev–Trinajstić information content (AvgIpc) is 2.78. The molecule has 0 saturated carbocycles. The molecule has 3 N–H and O–H groups in total. The van der Waals surface area contributed by atoms with E-state index in [1.807, 2.05) is 19.0 Å². The molecular weight excluding hydrogens is 466 g/mol. The second kappa shape index (κ2) is 11.0. The summed E-state index contributed by atoms with van der Waals surface area (Å²) in [4.78, 5) is 27.6. The van der Waals surface area contributed by atoms with Crippen molar-refractivity contribution in [3.05, 3.63) is 58.9 Å². The van der Waals surface area contributed by atoms with Crippen LogP contribution in [-0.2, 0) is 4.79 Å². The molecule has 0 aromatic heterocycles. The van der Waals surface area contributed by atoms with Gasteiger partial charge in [0.05, 0.1) is 5.69 Å². The van der Waals surface area contributed by atoms with E-state index in [1.165, 1.54) is 36.4 Å². The summed E-state index contributed by atoms with van der Waals surface area (Å²) >= 11 is 5.95. The molecule has 0 aliphatic carbocycles. The highest BCUT2D eigenvalue weighted by Gasteiger charge is 2.44. The summed E-state index contributed by atoms with van der Waals surface area (Å²) in [6, 6.07) is 9.28.